The smallest absolute Gasteiger partial charge is 0.221 e. The van der Waals surface area contributed by atoms with Gasteiger partial charge in [0.1, 0.15) is 0 Å². The van der Waals surface area contributed by atoms with Crippen molar-refractivity contribution in [2.24, 2.45) is 0 Å². The Bertz CT molecular complexity index is 839. The first kappa shape index (κ1) is 17.9. The molecule has 6 nitrogen and oxygen atoms in total. The molecule has 0 aliphatic carbocycles. The Morgan fingerprint density at radius 3 is 2.04 bits per heavy atom. The number of para-hydroxylation sites is 1. The monoisotopic (exact) mass is 337 g/mol. The number of carbonyl (C=O) groups excluding carboxylic acids is 3. The van der Waals surface area contributed by atoms with Crippen molar-refractivity contribution >= 4 is 40.8 Å². The maximum Gasteiger partial charge on any atom is 0.221 e. The first-order valence-corrected chi connectivity index (χ1v) is 7.54. The van der Waals surface area contributed by atoms with E-state index in [0.717, 1.165) is 0 Å². The van der Waals surface area contributed by atoms with Gasteiger partial charge in [-0.3, -0.25) is 9.59 Å². The molecule has 6 heteroatoms. The van der Waals surface area contributed by atoms with Gasteiger partial charge in [0, 0.05) is 30.8 Å². The van der Waals surface area contributed by atoms with Crippen LogP contribution in [0.2, 0.25) is 0 Å². The highest BCUT2D eigenvalue weighted by Gasteiger charge is 2.07. The predicted molar refractivity (Wildman–Crippen MR) is 94.4 cm³/mol. The van der Waals surface area contributed by atoms with Gasteiger partial charge >= 0.3 is 0 Å². The number of carboxylic acids is 1. The molecule has 0 aliphatic heterocycles. The number of rotatable bonds is 5. The minimum atomic E-state index is -1.34. The molecule has 0 aliphatic rings. The minimum absolute atomic E-state index is 0.0350. The van der Waals surface area contributed by atoms with Crippen LogP contribution in [0.15, 0.2) is 48.5 Å². The summed E-state index contributed by atoms with van der Waals surface area (Å²) in [5, 5.41) is 16.8. The summed E-state index contributed by atoms with van der Waals surface area (Å²) in [6, 6.07) is 13.2. The summed E-state index contributed by atoms with van der Waals surface area (Å²) < 4.78 is 0. The van der Waals surface area contributed by atoms with Gasteiger partial charge in [-0.2, -0.15) is 0 Å². The molecule has 25 heavy (non-hydrogen) atoms. The lowest BCUT2D eigenvalue weighted by molar-refractivity contribution is -0.295. The van der Waals surface area contributed by atoms with Crippen molar-refractivity contribution in [2.75, 3.05) is 10.6 Å². The van der Waals surface area contributed by atoms with E-state index >= 15 is 0 Å². The van der Waals surface area contributed by atoms with E-state index in [4.69, 9.17) is 0 Å². The molecule has 0 radical (unpaired) electrons. The quantitative estimate of drug-likeness (QED) is 0.643. The standard InChI is InChI=1S/C19H18N2O4/c1-12(22)20-16-9-7-14(8-10-16)17(19(24)25)11-15-5-3-4-6-18(15)21-13(2)23/h3-11H,1-2H3,(H,20,22)(H,21,23)(H,24,25)/p-1/b17-11+. The third kappa shape index (κ3) is 5.04. The summed E-state index contributed by atoms with van der Waals surface area (Å²) in [7, 11) is 0. The molecule has 0 bridgehead atoms. The Hall–Kier alpha value is -3.41. The molecule has 2 N–H and O–H groups in total. The van der Waals surface area contributed by atoms with Crippen LogP contribution in [0, 0.1) is 0 Å². The summed E-state index contributed by atoms with van der Waals surface area (Å²) in [5.41, 5.74) is 2.00. The third-order valence-electron chi connectivity index (χ3n) is 3.31. The van der Waals surface area contributed by atoms with Crippen molar-refractivity contribution in [1.82, 2.24) is 0 Å². The molecule has 2 rings (SSSR count). The molecule has 0 heterocycles. The van der Waals surface area contributed by atoms with Gasteiger partial charge in [0.15, 0.2) is 0 Å². The van der Waals surface area contributed by atoms with Gasteiger partial charge in [-0.1, -0.05) is 30.3 Å². The Balaban J connectivity index is 2.42. The van der Waals surface area contributed by atoms with E-state index in [2.05, 4.69) is 10.6 Å². The fourth-order valence-corrected chi connectivity index (χ4v) is 2.28. The van der Waals surface area contributed by atoms with E-state index in [-0.39, 0.29) is 17.4 Å². The highest BCUT2D eigenvalue weighted by Crippen LogP contribution is 2.24. The fraction of sp³-hybridized carbons (Fsp3) is 0.105. The number of anilines is 2. The van der Waals surface area contributed by atoms with Gasteiger partial charge in [0.25, 0.3) is 0 Å². The molecule has 2 aromatic carbocycles. The van der Waals surface area contributed by atoms with Crippen LogP contribution in [0.25, 0.3) is 11.6 Å². The number of hydrogen-bond donors (Lipinski definition) is 2. The van der Waals surface area contributed by atoms with Crippen LogP contribution in [0.4, 0.5) is 11.4 Å². The normalized spacial score (nSPS) is 10.9. The molecule has 128 valence electrons. The van der Waals surface area contributed by atoms with Crippen LogP contribution in [-0.4, -0.2) is 17.8 Å². The summed E-state index contributed by atoms with van der Waals surface area (Å²) in [6.07, 6.45) is 1.44. The topological polar surface area (TPSA) is 98.3 Å². The van der Waals surface area contributed by atoms with Gasteiger partial charge in [-0.05, 0) is 35.4 Å². The number of amides is 2. The molecule has 0 spiro atoms. The highest BCUT2D eigenvalue weighted by atomic mass is 16.4. The SMILES string of the molecule is CC(=O)Nc1ccc(/C(=C\c2ccccc2NC(C)=O)C(=O)[O-])cc1. The number of aliphatic carboxylic acids is 1. The lowest BCUT2D eigenvalue weighted by Gasteiger charge is -2.12. The Morgan fingerprint density at radius 2 is 1.48 bits per heavy atom. The Kier molecular flexibility index (Phi) is 5.68. The van der Waals surface area contributed by atoms with Gasteiger partial charge in [0.2, 0.25) is 11.8 Å². The Morgan fingerprint density at radius 1 is 0.880 bits per heavy atom. The molecule has 0 unspecified atom stereocenters. The van der Waals surface area contributed by atoms with E-state index in [1.54, 1.807) is 48.5 Å². The lowest BCUT2D eigenvalue weighted by Crippen LogP contribution is -2.23. The molecule has 0 saturated carbocycles. The van der Waals surface area contributed by atoms with E-state index in [1.807, 2.05) is 0 Å². The zero-order valence-corrected chi connectivity index (χ0v) is 13.8. The van der Waals surface area contributed by atoms with E-state index in [0.29, 0.717) is 22.5 Å². The second kappa shape index (κ2) is 7.92. The van der Waals surface area contributed by atoms with Gasteiger partial charge in [-0.25, -0.2) is 0 Å². The highest BCUT2D eigenvalue weighted by molar-refractivity contribution is 6.20. The molecule has 2 amide bonds. The van der Waals surface area contributed by atoms with E-state index < -0.39 is 5.97 Å². The van der Waals surface area contributed by atoms with Crippen molar-refractivity contribution in [3.63, 3.8) is 0 Å². The lowest BCUT2D eigenvalue weighted by atomic mass is 10.0. The van der Waals surface area contributed by atoms with Crippen LogP contribution in [-0.2, 0) is 14.4 Å². The van der Waals surface area contributed by atoms with Crippen molar-refractivity contribution in [3.05, 3.63) is 59.7 Å². The molecule has 0 saturated heterocycles. The van der Waals surface area contributed by atoms with Crippen LogP contribution in [0.1, 0.15) is 25.0 Å². The number of nitrogens with one attached hydrogen (secondary N) is 2. The summed E-state index contributed by atoms with van der Waals surface area (Å²) in [4.78, 5) is 33.9. The summed E-state index contributed by atoms with van der Waals surface area (Å²) in [5.74, 6) is -1.81. The van der Waals surface area contributed by atoms with E-state index in [9.17, 15) is 19.5 Å². The second-order valence-electron chi connectivity index (χ2n) is 5.37. The number of hydrogen-bond acceptors (Lipinski definition) is 4. The van der Waals surface area contributed by atoms with Crippen molar-refractivity contribution in [1.29, 1.82) is 0 Å². The Labute approximate surface area is 145 Å². The zero-order valence-electron chi connectivity index (χ0n) is 13.8. The number of benzene rings is 2. The first-order valence-electron chi connectivity index (χ1n) is 7.54. The molecule has 0 aromatic heterocycles. The molecule has 2 aromatic rings. The average molecular weight is 337 g/mol. The molecule has 0 atom stereocenters. The van der Waals surface area contributed by atoms with Gasteiger partial charge in [0.05, 0.1) is 5.97 Å². The van der Waals surface area contributed by atoms with Crippen molar-refractivity contribution in [2.45, 2.75) is 13.8 Å². The van der Waals surface area contributed by atoms with E-state index in [1.165, 1.54) is 19.9 Å². The minimum Gasteiger partial charge on any atom is -0.545 e. The average Bonchev–Trinajstić information content (AvgIpc) is 2.53. The zero-order chi connectivity index (χ0) is 18.4. The largest absolute Gasteiger partial charge is 0.545 e. The number of carboxylic acid groups (broad SMARTS) is 1. The molecular weight excluding hydrogens is 320 g/mol. The maximum atomic E-state index is 11.6. The maximum absolute atomic E-state index is 11.6. The second-order valence-corrected chi connectivity index (χ2v) is 5.37. The fourth-order valence-electron chi connectivity index (χ4n) is 2.28. The van der Waals surface area contributed by atoms with Crippen LogP contribution >= 0.6 is 0 Å². The van der Waals surface area contributed by atoms with Crippen molar-refractivity contribution in [3.8, 4) is 0 Å². The van der Waals surface area contributed by atoms with Crippen molar-refractivity contribution < 1.29 is 19.5 Å². The summed E-state index contributed by atoms with van der Waals surface area (Å²) in [6.45, 7) is 2.76. The predicted octanol–water partition coefficient (Wildman–Crippen LogP) is 1.89. The molecular formula is C19H17N2O4-. The summed E-state index contributed by atoms with van der Waals surface area (Å²) >= 11 is 0. The third-order valence-corrected chi connectivity index (χ3v) is 3.31. The first-order chi connectivity index (χ1) is 11.9. The van der Waals surface area contributed by atoms with Crippen LogP contribution in [0.5, 0.6) is 0 Å². The van der Waals surface area contributed by atoms with Gasteiger partial charge in [-0.15, -0.1) is 0 Å². The number of carbonyl (C=O) groups is 3. The van der Waals surface area contributed by atoms with Gasteiger partial charge < -0.3 is 20.5 Å². The molecule has 0 fully saturated rings. The van der Waals surface area contributed by atoms with Crippen LogP contribution in [0.3, 0.4) is 0 Å². The van der Waals surface area contributed by atoms with Crippen LogP contribution < -0.4 is 15.7 Å².